The summed E-state index contributed by atoms with van der Waals surface area (Å²) in [4.78, 5) is 17.4. The van der Waals surface area contributed by atoms with Crippen LogP contribution >= 0.6 is 0 Å². The van der Waals surface area contributed by atoms with Gasteiger partial charge in [-0.15, -0.1) is 0 Å². The first kappa shape index (κ1) is 14.5. The van der Waals surface area contributed by atoms with E-state index in [1.807, 2.05) is 18.2 Å². The van der Waals surface area contributed by atoms with Crippen molar-refractivity contribution in [2.24, 2.45) is 0 Å². The summed E-state index contributed by atoms with van der Waals surface area (Å²) < 4.78 is 0. The van der Waals surface area contributed by atoms with Crippen LogP contribution in [0.25, 0.3) is 0 Å². The van der Waals surface area contributed by atoms with Crippen molar-refractivity contribution in [3.8, 4) is 0 Å². The number of carbonyl (C=O) groups is 1. The summed E-state index contributed by atoms with van der Waals surface area (Å²) in [6, 6.07) is 19.4. The van der Waals surface area contributed by atoms with Gasteiger partial charge in [-0.3, -0.25) is 9.69 Å². The van der Waals surface area contributed by atoms with Gasteiger partial charge in [0.1, 0.15) is 0 Å². The first-order chi connectivity index (χ1) is 11.2. The summed E-state index contributed by atoms with van der Waals surface area (Å²) in [6.07, 6.45) is 0.972. The average molecular weight is 306 g/mol. The van der Waals surface area contributed by atoms with Crippen LogP contribution in [0.3, 0.4) is 0 Å². The number of benzene rings is 2. The second-order valence-electron chi connectivity index (χ2n) is 6.74. The van der Waals surface area contributed by atoms with Gasteiger partial charge in [-0.1, -0.05) is 48.5 Å². The number of nitrogens with zero attached hydrogens (tertiary/aromatic N) is 2. The lowest BCUT2D eigenvalue weighted by molar-refractivity contribution is 0.0210. The first-order valence-corrected chi connectivity index (χ1v) is 8.39. The van der Waals surface area contributed by atoms with Gasteiger partial charge in [-0.25, -0.2) is 0 Å². The number of amides is 1. The van der Waals surface area contributed by atoms with Crippen LogP contribution in [-0.2, 0) is 13.0 Å². The molecule has 3 heteroatoms. The topological polar surface area (TPSA) is 23.6 Å². The van der Waals surface area contributed by atoms with Crippen LogP contribution in [-0.4, -0.2) is 40.9 Å². The van der Waals surface area contributed by atoms with Crippen LogP contribution in [0.4, 0.5) is 0 Å². The SMILES string of the molecule is C[C@H]1CN2C(=O)c3ccccc3C[C@@H]2CN1Cc1ccccc1. The summed E-state index contributed by atoms with van der Waals surface area (Å²) >= 11 is 0. The van der Waals surface area contributed by atoms with Crippen LogP contribution in [0.15, 0.2) is 54.6 Å². The van der Waals surface area contributed by atoms with Gasteiger partial charge in [0.25, 0.3) is 5.91 Å². The zero-order valence-electron chi connectivity index (χ0n) is 13.5. The minimum absolute atomic E-state index is 0.211. The number of rotatable bonds is 2. The normalized spacial score (nSPS) is 24.2. The van der Waals surface area contributed by atoms with Crippen LogP contribution in [0.5, 0.6) is 0 Å². The van der Waals surface area contributed by atoms with E-state index in [1.54, 1.807) is 0 Å². The molecule has 0 radical (unpaired) electrons. The molecule has 0 aliphatic carbocycles. The standard InChI is InChI=1S/C20H22N2O/c1-15-12-22-18(11-17-9-5-6-10-19(17)20(22)23)14-21(15)13-16-7-3-2-4-8-16/h2-10,15,18H,11-14H2,1H3/t15-,18+/m0/s1. The molecule has 3 nitrogen and oxygen atoms in total. The predicted octanol–water partition coefficient (Wildman–Crippen LogP) is 2.96. The van der Waals surface area contributed by atoms with Gasteiger partial charge in [0.05, 0.1) is 0 Å². The Bertz CT molecular complexity index is 713. The van der Waals surface area contributed by atoms with Crippen molar-refractivity contribution in [3.05, 3.63) is 71.3 Å². The van der Waals surface area contributed by atoms with Gasteiger partial charge >= 0.3 is 0 Å². The maximum absolute atomic E-state index is 12.8. The highest BCUT2D eigenvalue weighted by Crippen LogP contribution is 2.28. The number of piperazine rings is 1. The second-order valence-corrected chi connectivity index (χ2v) is 6.74. The Kier molecular flexibility index (Phi) is 3.66. The Morgan fingerprint density at radius 3 is 2.57 bits per heavy atom. The zero-order valence-corrected chi connectivity index (χ0v) is 13.5. The third-order valence-corrected chi connectivity index (χ3v) is 5.16. The van der Waals surface area contributed by atoms with Crippen molar-refractivity contribution >= 4 is 5.91 Å². The Hall–Kier alpha value is -2.13. The first-order valence-electron chi connectivity index (χ1n) is 8.39. The van der Waals surface area contributed by atoms with Crippen LogP contribution in [0.1, 0.15) is 28.4 Å². The molecule has 2 heterocycles. The van der Waals surface area contributed by atoms with E-state index in [9.17, 15) is 4.79 Å². The summed E-state index contributed by atoms with van der Waals surface area (Å²) in [5.74, 6) is 0.211. The maximum Gasteiger partial charge on any atom is 0.254 e. The minimum Gasteiger partial charge on any atom is -0.332 e. The van der Waals surface area contributed by atoms with Crippen molar-refractivity contribution < 1.29 is 4.79 Å². The van der Waals surface area contributed by atoms with E-state index in [-0.39, 0.29) is 5.91 Å². The largest absolute Gasteiger partial charge is 0.332 e. The lowest BCUT2D eigenvalue weighted by Gasteiger charge is -2.47. The molecule has 0 spiro atoms. The van der Waals surface area contributed by atoms with Crippen LogP contribution in [0.2, 0.25) is 0 Å². The molecule has 118 valence electrons. The van der Waals surface area contributed by atoms with Crippen LogP contribution < -0.4 is 0 Å². The monoisotopic (exact) mass is 306 g/mol. The van der Waals surface area contributed by atoms with E-state index in [4.69, 9.17) is 0 Å². The molecule has 0 saturated carbocycles. The molecule has 2 aliphatic heterocycles. The van der Waals surface area contributed by atoms with Gasteiger partial charge in [-0.05, 0) is 30.5 Å². The highest BCUT2D eigenvalue weighted by atomic mass is 16.2. The third kappa shape index (κ3) is 2.66. The van der Waals surface area contributed by atoms with Gasteiger partial charge in [0.2, 0.25) is 0 Å². The predicted molar refractivity (Wildman–Crippen MR) is 91.3 cm³/mol. The summed E-state index contributed by atoms with van der Waals surface area (Å²) in [7, 11) is 0. The highest BCUT2D eigenvalue weighted by molar-refractivity contribution is 5.97. The molecule has 2 aromatic rings. The van der Waals surface area contributed by atoms with E-state index in [0.717, 1.165) is 31.6 Å². The molecule has 0 bridgehead atoms. The molecular weight excluding hydrogens is 284 g/mol. The van der Waals surface area contributed by atoms with Gasteiger partial charge < -0.3 is 4.90 Å². The number of fused-ring (bicyclic) bond motifs is 2. The molecule has 2 aromatic carbocycles. The van der Waals surface area contributed by atoms with Gasteiger partial charge in [0, 0.05) is 37.3 Å². The molecule has 0 aromatic heterocycles. The summed E-state index contributed by atoms with van der Waals surface area (Å²) in [6.45, 7) is 4.97. The Labute approximate surface area is 137 Å². The molecule has 1 saturated heterocycles. The lowest BCUT2D eigenvalue weighted by atomic mass is 9.90. The van der Waals surface area contributed by atoms with Crippen molar-refractivity contribution in [2.75, 3.05) is 13.1 Å². The molecule has 1 amide bonds. The van der Waals surface area contributed by atoms with Gasteiger partial charge in [-0.2, -0.15) is 0 Å². The van der Waals surface area contributed by atoms with Crippen molar-refractivity contribution in [1.29, 1.82) is 0 Å². The Morgan fingerprint density at radius 2 is 1.74 bits per heavy atom. The van der Waals surface area contributed by atoms with E-state index in [1.165, 1.54) is 11.1 Å². The molecule has 1 fully saturated rings. The zero-order chi connectivity index (χ0) is 15.8. The van der Waals surface area contributed by atoms with E-state index in [2.05, 4.69) is 53.1 Å². The quantitative estimate of drug-likeness (QED) is 0.851. The second kappa shape index (κ2) is 5.82. The molecular formula is C20H22N2O. The summed E-state index contributed by atoms with van der Waals surface area (Å²) in [5, 5.41) is 0. The number of hydrogen-bond acceptors (Lipinski definition) is 2. The average Bonchev–Trinajstić information content (AvgIpc) is 2.58. The lowest BCUT2D eigenvalue weighted by Crippen LogP contribution is -2.61. The van der Waals surface area contributed by atoms with Crippen molar-refractivity contribution in [2.45, 2.75) is 32.0 Å². The molecule has 0 unspecified atom stereocenters. The molecule has 23 heavy (non-hydrogen) atoms. The fraction of sp³-hybridized carbons (Fsp3) is 0.350. The van der Waals surface area contributed by atoms with Crippen molar-refractivity contribution in [3.63, 3.8) is 0 Å². The fourth-order valence-corrected chi connectivity index (χ4v) is 3.88. The minimum atomic E-state index is 0.211. The Balaban J connectivity index is 1.56. The number of carbonyl (C=O) groups excluding carboxylic acids is 1. The van der Waals surface area contributed by atoms with Crippen LogP contribution in [0, 0.1) is 0 Å². The maximum atomic E-state index is 12.8. The fourth-order valence-electron chi connectivity index (χ4n) is 3.88. The van der Waals surface area contributed by atoms with E-state index < -0.39 is 0 Å². The summed E-state index contributed by atoms with van der Waals surface area (Å²) in [5.41, 5.74) is 3.44. The van der Waals surface area contributed by atoms with Crippen molar-refractivity contribution in [1.82, 2.24) is 9.80 Å². The molecule has 0 N–H and O–H groups in total. The number of hydrogen-bond donors (Lipinski definition) is 0. The molecule has 4 rings (SSSR count). The van der Waals surface area contributed by atoms with E-state index >= 15 is 0 Å². The highest BCUT2D eigenvalue weighted by Gasteiger charge is 2.38. The van der Waals surface area contributed by atoms with Gasteiger partial charge in [0.15, 0.2) is 0 Å². The smallest absolute Gasteiger partial charge is 0.254 e. The molecule has 2 atom stereocenters. The van der Waals surface area contributed by atoms with E-state index in [0.29, 0.717) is 12.1 Å². The Morgan fingerprint density at radius 1 is 1.00 bits per heavy atom. The molecule has 2 aliphatic rings. The third-order valence-electron chi connectivity index (χ3n) is 5.16.